The lowest BCUT2D eigenvalue weighted by Crippen LogP contribution is -2.11. The van der Waals surface area contributed by atoms with Crippen LogP contribution in [-0.4, -0.2) is 29.1 Å². The minimum absolute atomic E-state index is 0.228. The Bertz CT molecular complexity index is 409. The first-order valence-electron chi connectivity index (χ1n) is 4.88. The predicted octanol–water partition coefficient (Wildman–Crippen LogP) is 0.644. The van der Waals surface area contributed by atoms with Gasteiger partial charge in [0.05, 0.1) is 7.11 Å². The summed E-state index contributed by atoms with van der Waals surface area (Å²) in [7, 11) is 1.27. The van der Waals surface area contributed by atoms with Gasteiger partial charge < -0.3 is 4.74 Å². The van der Waals surface area contributed by atoms with Crippen LogP contribution < -0.4 is 0 Å². The number of nitrogens with zero attached hydrogens (tertiary/aromatic N) is 1. The van der Waals surface area contributed by atoms with Crippen LogP contribution in [0.4, 0.5) is 0 Å². The maximum Gasteiger partial charge on any atom is 0.313 e. The highest BCUT2D eigenvalue weighted by molar-refractivity contribution is 6.05. The SMILES string of the molecule is COC(=O)CC(=O)c1n[nH]c2c1CCC2. The van der Waals surface area contributed by atoms with E-state index in [9.17, 15) is 9.59 Å². The average Bonchev–Trinajstić information content (AvgIpc) is 2.77. The molecule has 1 heterocycles. The van der Waals surface area contributed by atoms with Crippen LogP contribution in [0.5, 0.6) is 0 Å². The number of hydrogen-bond acceptors (Lipinski definition) is 4. The first-order valence-corrected chi connectivity index (χ1v) is 4.88. The number of rotatable bonds is 3. The first-order chi connectivity index (χ1) is 7.22. The number of fused-ring (bicyclic) bond motifs is 1. The number of nitrogens with one attached hydrogen (secondary N) is 1. The molecule has 0 radical (unpaired) electrons. The average molecular weight is 208 g/mol. The van der Waals surface area contributed by atoms with Crippen LogP contribution in [0.1, 0.15) is 34.6 Å². The molecule has 0 unspecified atom stereocenters. The molecule has 2 rings (SSSR count). The molecular weight excluding hydrogens is 196 g/mol. The lowest BCUT2D eigenvalue weighted by Gasteiger charge is -1.98. The lowest BCUT2D eigenvalue weighted by molar-refractivity contribution is -0.139. The summed E-state index contributed by atoms with van der Waals surface area (Å²) in [6, 6.07) is 0. The van der Waals surface area contributed by atoms with Crippen molar-refractivity contribution in [1.29, 1.82) is 0 Å². The van der Waals surface area contributed by atoms with Gasteiger partial charge in [0.2, 0.25) is 0 Å². The number of ether oxygens (including phenoxy) is 1. The highest BCUT2D eigenvalue weighted by atomic mass is 16.5. The molecule has 0 bridgehead atoms. The second-order valence-corrected chi connectivity index (χ2v) is 3.56. The Morgan fingerprint density at radius 3 is 3.00 bits per heavy atom. The minimum Gasteiger partial charge on any atom is -0.469 e. The van der Waals surface area contributed by atoms with E-state index in [2.05, 4.69) is 14.9 Å². The van der Waals surface area contributed by atoms with Crippen molar-refractivity contribution in [1.82, 2.24) is 10.2 Å². The van der Waals surface area contributed by atoms with Crippen molar-refractivity contribution in [2.45, 2.75) is 25.7 Å². The van der Waals surface area contributed by atoms with Crippen LogP contribution in [0, 0.1) is 0 Å². The van der Waals surface area contributed by atoms with Gasteiger partial charge in [0, 0.05) is 11.3 Å². The van der Waals surface area contributed by atoms with Gasteiger partial charge in [0.15, 0.2) is 5.78 Å². The molecule has 1 aliphatic rings. The van der Waals surface area contributed by atoms with Crippen LogP contribution >= 0.6 is 0 Å². The minimum atomic E-state index is -0.519. The van der Waals surface area contributed by atoms with Crippen molar-refractivity contribution in [3.63, 3.8) is 0 Å². The summed E-state index contributed by atoms with van der Waals surface area (Å²) in [6.45, 7) is 0. The number of carbonyl (C=O) groups is 2. The van der Waals surface area contributed by atoms with E-state index in [4.69, 9.17) is 0 Å². The van der Waals surface area contributed by atoms with E-state index >= 15 is 0 Å². The standard InChI is InChI=1S/C10H12N2O3/c1-15-9(14)5-8(13)10-6-3-2-4-7(6)11-12-10/h2-5H2,1H3,(H,11,12). The zero-order valence-electron chi connectivity index (χ0n) is 8.50. The van der Waals surface area contributed by atoms with Crippen molar-refractivity contribution in [3.05, 3.63) is 17.0 Å². The van der Waals surface area contributed by atoms with Gasteiger partial charge in [-0.15, -0.1) is 0 Å². The Morgan fingerprint density at radius 1 is 1.47 bits per heavy atom. The summed E-state index contributed by atoms with van der Waals surface area (Å²) in [5.41, 5.74) is 2.42. The van der Waals surface area contributed by atoms with Crippen molar-refractivity contribution < 1.29 is 14.3 Å². The Balaban J connectivity index is 2.16. The monoisotopic (exact) mass is 208 g/mol. The Kier molecular flexibility index (Phi) is 2.53. The van der Waals surface area contributed by atoms with E-state index < -0.39 is 5.97 Å². The maximum atomic E-state index is 11.7. The maximum absolute atomic E-state index is 11.7. The number of aryl methyl sites for hydroxylation is 1. The number of ketones is 1. The molecule has 0 atom stereocenters. The highest BCUT2D eigenvalue weighted by Crippen LogP contribution is 2.23. The van der Waals surface area contributed by atoms with E-state index in [1.807, 2.05) is 0 Å². The number of hydrogen-bond donors (Lipinski definition) is 1. The van der Waals surface area contributed by atoms with Crippen LogP contribution in [-0.2, 0) is 22.4 Å². The smallest absolute Gasteiger partial charge is 0.313 e. The number of Topliss-reactive ketones (excluding diaryl/α,β-unsaturated/α-hetero) is 1. The summed E-state index contributed by atoms with van der Waals surface area (Å²) < 4.78 is 4.44. The van der Waals surface area contributed by atoms with Crippen molar-refractivity contribution in [2.75, 3.05) is 7.11 Å². The van der Waals surface area contributed by atoms with Gasteiger partial charge in [-0.1, -0.05) is 0 Å². The fourth-order valence-corrected chi connectivity index (χ4v) is 1.84. The normalized spacial score (nSPS) is 13.7. The first kappa shape index (κ1) is 9.89. The number of aromatic nitrogens is 2. The van der Waals surface area contributed by atoms with E-state index in [1.54, 1.807) is 0 Å². The van der Waals surface area contributed by atoms with Crippen molar-refractivity contribution in [2.24, 2.45) is 0 Å². The van der Waals surface area contributed by atoms with Crippen molar-refractivity contribution in [3.8, 4) is 0 Å². The lowest BCUT2D eigenvalue weighted by atomic mass is 10.1. The third kappa shape index (κ3) is 1.77. The Labute approximate surface area is 86.8 Å². The summed E-state index contributed by atoms with van der Waals surface area (Å²) >= 11 is 0. The number of esters is 1. The summed E-state index contributed by atoms with van der Waals surface area (Å²) in [5, 5.41) is 6.78. The molecule has 80 valence electrons. The zero-order chi connectivity index (χ0) is 10.8. The molecule has 0 fully saturated rings. The largest absolute Gasteiger partial charge is 0.469 e. The molecule has 0 aliphatic heterocycles. The zero-order valence-corrected chi connectivity index (χ0v) is 8.50. The Hall–Kier alpha value is -1.65. The third-order valence-corrected chi connectivity index (χ3v) is 2.60. The van der Waals surface area contributed by atoms with Crippen LogP contribution in [0.3, 0.4) is 0 Å². The quantitative estimate of drug-likeness (QED) is 0.449. The Morgan fingerprint density at radius 2 is 2.27 bits per heavy atom. The number of methoxy groups -OCH3 is 1. The predicted molar refractivity (Wildman–Crippen MR) is 51.6 cm³/mol. The van der Waals surface area contributed by atoms with Crippen LogP contribution in [0.15, 0.2) is 0 Å². The van der Waals surface area contributed by atoms with E-state index in [1.165, 1.54) is 7.11 Å². The molecular formula is C10H12N2O3. The molecule has 1 aliphatic carbocycles. The molecule has 15 heavy (non-hydrogen) atoms. The second-order valence-electron chi connectivity index (χ2n) is 3.56. The molecule has 0 aromatic carbocycles. The second kappa shape index (κ2) is 3.84. The molecule has 5 heteroatoms. The molecule has 1 aromatic heterocycles. The van der Waals surface area contributed by atoms with E-state index in [0.717, 1.165) is 30.5 Å². The summed E-state index contributed by atoms with van der Waals surface area (Å²) in [4.78, 5) is 22.6. The van der Waals surface area contributed by atoms with Gasteiger partial charge >= 0.3 is 5.97 Å². The molecule has 1 N–H and O–H groups in total. The fraction of sp³-hybridized carbons (Fsp3) is 0.500. The van der Waals surface area contributed by atoms with Gasteiger partial charge in [0.1, 0.15) is 12.1 Å². The van der Waals surface area contributed by atoms with E-state index in [0.29, 0.717) is 5.69 Å². The van der Waals surface area contributed by atoms with Crippen LogP contribution in [0.2, 0.25) is 0 Å². The van der Waals surface area contributed by atoms with Crippen molar-refractivity contribution >= 4 is 11.8 Å². The molecule has 1 aromatic rings. The number of aromatic amines is 1. The molecule has 5 nitrogen and oxygen atoms in total. The molecule has 0 spiro atoms. The summed E-state index contributed by atoms with van der Waals surface area (Å²) in [6.07, 6.45) is 2.62. The summed E-state index contributed by atoms with van der Waals surface area (Å²) in [5.74, 6) is -0.781. The van der Waals surface area contributed by atoms with Gasteiger partial charge in [-0.25, -0.2) is 0 Å². The number of H-pyrrole nitrogens is 1. The van der Waals surface area contributed by atoms with Gasteiger partial charge in [-0.3, -0.25) is 14.7 Å². The third-order valence-electron chi connectivity index (χ3n) is 2.60. The van der Waals surface area contributed by atoms with Gasteiger partial charge in [-0.2, -0.15) is 5.10 Å². The van der Waals surface area contributed by atoms with Gasteiger partial charge in [-0.05, 0) is 19.3 Å². The number of carbonyl (C=O) groups excluding carboxylic acids is 2. The van der Waals surface area contributed by atoms with Gasteiger partial charge in [0.25, 0.3) is 0 Å². The van der Waals surface area contributed by atoms with Crippen LogP contribution in [0.25, 0.3) is 0 Å². The molecule has 0 amide bonds. The molecule has 0 saturated carbocycles. The highest BCUT2D eigenvalue weighted by Gasteiger charge is 2.24. The molecule has 0 saturated heterocycles. The topological polar surface area (TPSA) is 72.1 Å². The fourth-order valence-electron chi connectivity index (χ4n) is 1.84. The van der Waals surface area contributed by atoms with E-state index in [-0.39, 0.29) is 12.2 Å².